The predicted molar refractivity (Wildman–Crippen MR) is 164 cm³/mol. The van der Waals surface area contributed by atoms with Crippen LogP contribution in [0.5, 0.6) is 23.1 Å². The molecule has 3 heterocycles. The van der Waals surface area contributed by atoms with Crippen molar-refractivity contribution in [3.8, 4) is 34.3 Å². The molecule has 0 fully saturated rings. The van der Waals surface area contributed by atoms with Crippen LogP contribution in [0.4, 0.5) is 14.5 Å². The van der Waals surface area contributed by atoms with Crippen molar-refractivity contribution in [2.24, 2.45) is 7.05 Å². The van der Waals surface area contributed by atoms with Crippen molar-refractivity contribution in [1.29, 1.82) is 0 Å². The molecule has 0 saturated heterocycles. The topological polar surface area (TPSA) is 114 Å². The molecule has 232 valence electrons. The predicted octanol–water partition coefficient (Wildman–Crippen LogP) is 5.97. The van der Waals surface area contributed by atoms with Crippen LogP contribution in [-0.2, 0) is 11.8 Å². The SMILES string of the molecule is COCCOc1nc2c(Oc3ccc(NC(=O)c4cn(C)c(C)c(-c5ccc(F)cc5C)c4=O)cc3F)ccnc2cc1OC. The third kappa shape index (κ3) is 6.46. The zero-order valence-electron chi connectivity index (χ0n) is 25.2. The van der Waals surface area contributed by atoms with E-state index in [1.165, 1.54) is 55.9 Å². The molecule has 5 aromatic rings. The second-order valence-electron chi connectivity index (χ2n) is 10.1. The Morgan fingerprint density at radius 2 is 1.78 bits per heavy atom. The quantitative estimate of drug-likeness (QED) is 0.191. The minimum Gasteiger partial charge on any atom is -0.491 e. The van der Waals surface area contributed by atoms with E-state index >= 15 is 4.39 Å². The second-order valence-corrected chi connectivity index (χ2v) is 10.1. The Labute approximate surface area is 257 Å². The summed E-state index contributed by atoms with van der Waals surface area (Å²) in [6.07, 6.45) is 2.90. The normalized spacial score (nSPS) is 11.0. The maximum Gasteiger partial charge on any atom is 0.261 e. The van der Waals surface area contributed by atoms with Crippen LogP contribution in [0, 0.1) is 25.5 Å². The highest BCUT2D eigenvalue weighted by Gasteiger charge is 2.21. The van der Waals surface area contributed by atoms with Gasteiger partial charge in [0.2, 0.25) is 5.43 Å². The van der Waals surface area contributed by atoms with E-state index in [-0.39, 0.29) is 40.8 Å². The number of hydrogen-bond donors (Lipinski definition) is 1. The highest BCUT2D eigenvalue weighted by atomic mass is 19.1. The van der Waals surface area contributed by atoms with Crippen LogP contribution in [0.3, 0.4) is 0 Å². The first kappa shape index (κ1) is 31.1. The summed E-state index contributed by atoms with van der Waals surface area (Å²) in [5.41, 5.74) is 2.10. The molecule has 2 aromatic carbocycles. The van der Waals surface area contributed by atoms with Gasteiger partial charge in [-0.2, -0.15) is 0 Å². The number of aromatic nitrogens is 3. The van der Waals surface area contributed by atoms with E-state index in [1.807, 2.05) is 0 Å². The van der Waals surface area contributed by atoms with Gasteiger partial charge in [-0.1, -0.05) is 6.07 Å². The third-order valence-electron chi connectivity index (χ3n) is 7.15. The van der Waals surface area contributed by atoms with Crippen LogP contribution in [0.2, 0.25) is 0 Å². The Bertz CT molecular complexity index is 1980. The van der Waals surface area contributed by atoms with Gasteiger partial charge in [0.05, 0.1) is 19.2 Å². The summed E-state index contributed by atoms with van der Waals surface area (Å²) in [7, 11) is 4.72. The standard InChI is InChI=1S/C33H30F2N4O6/c1-18-14-20(34)6-8-22(18)29-19(2)39(3)17-23(31(29)40)32(41)37-21-7-9-26(24(35)15-21)45-27-10-11-36-25-16-28(43-5)33(38-30(25)27)44-13-12-42-4/h6-11,14-17H,12-13H2,1-5H3,(H,37,41). The van der Waals surface area contributed by atoms with Crippen LogP contribution in [-0.4, -0.2) is 47.9 Å². The Morgan fingerprint density at radius 3 is 2.49 bits per heavy atom. The molecule has 1 N–H and O–H groups in total. The smallest absolute Gasteiger partial charge is 0.261 e. The first-order valence-electron chi connectivity index (χ1n) is 13.8. The molecule has 3 aromatic heterocycles. The molecule has 12 heteroatoms. The van der Waals surface area contributed by atoms with E-state index in [2.05, 4.69) is 15.3 Å². The van der Waals surface area contributed by atoms with Crippen molar-refractivity contribution in [1.82, 2.24) is 14.5 Å². The first-order chi connectivity index (χ1) is 21.6. The minimum atomic E-state index is -0.776. The van der Waals surface area contributed by atoms with Crippen molar-refractivity contribution in [2.75, 3.05) is 32.8 Å². The van der Waals surface area contributed by atoms with Gasteiger partial charge in [0.15, 0.2) is 23.1 Å². The molecule has 0 bridgehead atoms. The van der Waals surface area contributed by atoms with E-state index < -0.39 is 23.0 Å². The largest absolute Gasteiger partial charge is 0.491 e. The van der Waals surface area contributed by atoms with E-state index in [1.54, 1.807) is 38.6 Å². The lowest BCUT2D eigenvalue weighted by molar-refractivity contribution is 0.102. The lowest BCUT2D eigenvalue weighted by atomic mass is 9.97. The van der Waals surface area contributed by atoms with Gasteiger partial charge in [-0.15, -0.1) is 0 Å². The van der Waals surface area contributed by atoms with Crippen LogP contribution in [0.25, 0.3) is 22.2 Å². The number of nitrogens with one attached hydrogen (secondary N) is 1. The molecule has 1 amide bonds. The number of aryl methyl sites for hydroxylation is 2. The fourth-order valence-electron chi connectivity index (χ4n) is 4.76. The molecule has 0 aliphatic heterocycles. The van der Waals surface area contributed by atoms with Crippen molar-refractivity contribution in [3.63, 3.8) is 0 Å². The summed E-state index contributed by atoms with van der Waals surface area (Å²) in [5, 5.41) is 2.58. The fraction of sp³-hybridized carbons (Fsp3) is 0.212. The van der Waals surface area contributed by atoms with Gasteiger partial charge >= 0.3 is 0 Å². The monoisotopic (exact) mass is 616 g/mol. The summed E-state index contributed by atoms with van der Waals surface area (Å²) < 4.78 is 52.6. The van der Waals surface area contributed by atoms with E-state index in [0.29, 0.717) is 40.2 Å². The Hall–Kier alpha value is -5.36. The number of rotatable bonds is 10. The van der Waals surface area contributed by atoms with Gasteiger partial charge in [-0.3, -0.25) is 14.6 Å². The second kappa shape index (κ2) is 13.1. The molecule has 10 nitrogen and oxygen atoms in total. The summed E-state index contributed by atoms with van der Waals surface area (Å²) in [6.45, 7) is 3.99. The number of pyridine rings is 3. The molecule has 0 saturated carbocycles. The van der Waals surface area contributed by atoms with Crippen LogP contribution >= 0.6 is 0 Å². The lowest BCUT2D eigenvalue weighted by Gasteiger charge is -2.15. The lowest BCUT2D eigenvalue weighted by Crippen LogP contribution is -2.25. The molecular weight excluding hydrogens is 586 g/mol. The van der Waals surface area contributed by atoms with E-state index in [9.17, 15) is 14.0 Å². The summed E-state index contributed by atoms with van der Waals surface area (Å²) in [6, 6.07) is 11.1. The van der Waals surface area contributed by atoms with Gasteiger partial charge in [0, 0.05) is 61.7 Å². The number of methoxy groups -OCH3 is 2. The zero-order chi connectivity index (χ0) is 32.2. The number of carbonyl (C=O) groups is 1. The third-order valence-corrected chi connectivity index (χ3v) is 7.15. The van der Waals surface area contributed by atoms with Crippen LogP contribution in [0.1, 0.15) is 21.6 Å². The van der Waals surface area contributed by atoms with Crippen molar-refractivity contribution >= 4 is 22.6 Å². The highest BCUT2D eigenvalue weighted by molar-refractivity contribution is 6.04. The maximum absolute atomic E-state index is 15.3. The van der Waals surface area contributed by atoms with Gasteiger partial charge in [0.25, 0.3) is 11.8 Å². The molecule has 0 aliphatic rings. The Kier molecular flexibility index (Phi) is 9.05. The van der Waals surface area contributed by atoms with Crippen molar-refractivity contribution in [2.45, 2.75) is 13.8 Å². The van der Waals surface area contributed by atoms with Gasteiger partial charge in [-0.25, -0.2) is 13.8 Å². The number of anilines is 1. The molecule has 0 aliphatic carbocycles. The molecule has 0 unspecified atom stereocenters. The number of carbonyl (C=O) groups excluding carboxylic acids is 1. The van der Waals surface area contributed by atoms with Crippen molar-refractivity contribution < 1.29 is 32.5 Å². The van der Waals surface area contributed by atoms with Crippen LogP contribution < -0.4 is 25.0 Å². The molecule has 45 heavy (non-hydrogen) atoms. The van der Waals surface area contributed by atoms with Crippen molar-refractivity contribution in [3.05, 3.63) is 99.6 Å². The number of fused-ring (bicyclic) bond motifs is 1. The first-order valence-corrected chi connectivity index (χ1v) is 13.8. The Balaban J connectivity index is 1.41. The van der Waals surface area contributed by atoms with Gasteiger partial charge < -0.3 is 28.8 Å². The van der Waals surface area contributed by atoms with Gasteiger partial charge in [0.1, 0.15) is 23.5 Å². The average molecular weight is 617 g/mol. The van der Waals surface area contributed by atoms with E-state index in [0.717, 1.165) is 6.07 Å². The molecular formula is C33H30F2N4O6. The summed E-state index contributed by atoms with van der Waals surface area (Å²) >= 11 is 0. The Morgan fingerprint density at radius 1 is 0.978 bits per heavy atom. The zero-order valence-corrected chi connectivity index (χ0v) is 25.2. The number of halogens is 2. The minimum absolute atomic E-state index is 0.100. The van der Waals surface area contributed by atoms with Gasteiger partial charge in [-0.05, 0) is 49.2 Å². The maximum atomic E-state index is 15.3. The summed E-state index contributed by atoms with van der Waals surface area (Å²) in [4.78, 5) is 35.5. The molecule has 5 rings (SSSR count). The van der Waals surface area contributed by atoms with Crippen LogP contribution in [0.15, 0.2) is 65.7 Å². The molecule has 0 radical (unpaired) electrons. The molecule has 0 atom stereocenters. The average Bonchev–Trinajstić information content (AvgIpc) is 3.01. The number of ether oxygens (including phenoxy) is 4. The number of benzene rings is 2. The fourth-order valence-corrected chi connectivity index (χ4v) is 4.76. The summed E-state index contributed by atoms with van der Waals surface area (Å²) in [5.74, 6) is -1.32. The molecule has 0 spiro atoms. The van der Waals surface area contributed by atoms with E-state index in [4.69, 9.17) is 18.9 Å². The number of hydrogen-bond acceptors (Lipinski definition) is 8. The number of amides is 1. The highest BCUT2D eigenvalue weighted by Crippen LogP contribution is 2.35. The number of nitrogens with zero attached hydrogens (tertiary/aromatic N) is 3.